The fraction of sp³-hybridized carbons (Fsp3) is 0. The molecular formula is C18H12O2. The summed E-state index contributed by atoms with van der Waals surface area (Å²) in [6, 6.07) is 19.7. The van der Waals surface area contributed by atoms with Gasteiger partial charge >= 0.3 is 0 Å². The van der Waals surface area contributed by atoms with Crippen molar-refractivity contribution in [3.05, 3.63) is 60.7 Å². The van der Waals surface area contributed by atoms with Crippen molar-refractivity contribution < 1.29 is 10.2 Å². The smallest absolute Gasteiger partial charge is 0.165 e. The lowest BCUT2D eigenvalue weighted by Crippen LogP contribution is -1.80. The van der Waals surface area contributed by atoms with E-state index in [-0.39, 0.29) is 11.5 Å². The lowest BCUT2D eigenvalue weighted by Gasteiger charge is -2.07. The molecule has 0 atom stereocenters. The summed E-state index contributed by atoms with van der Waals surface area (Å²) < 4.78 is 0. The molecule has 0 unspecified atom stereocenters. The first-order valence-corrected chi connectivity index (χ1v) is 6.49. The van der Waals surface area contributed by atoms with Gasteiger partial charge in [0, 0.05) is 5.39 Å². The molecule has 0 aliphatic rings. The third-order valence-corrected chi connectivity index (χ3v) is 3.79. The Bertz CT molecular complexity index is 971. The predicted octanol–water partition coefficient (Wildman–Crippen LogP) is 4.56. The molecule has 96 valence electrons. The largest absolute Gasteiger partial charge is 0.504 e. The first-order chi connectivity index (χ1) is 9.72. The quantitative estimate of drug-likeness (QED) is 0.359. The second-order valence-corrected chi connectivity index (χ2v) is 5.05. The van der Waals surface area contributed by atoms with Crippen molar-refractivity contribution in [2.45, 2.75) is 0 Å². The highest BCUT2D eigenvalue weighted by molar-refractivity contribution is 6.06. The molecule has 20 heavy (non-hydrogen) atoms. The van der Waals surface area contributed by atoms with E-state index in [0.29, 0.717) is 5.39 Å². The summed E-state index contributed by atoms with van der Waals surface area (Å²) in [6.45, 7) is 0. The van der Waals surface area contributed by atoms with Crippen molar-refractivity contribution in [1.82, 2.24) is 0 Å². The average molecular weight is 260 g/mol. The van der Waals surface area contributed by atoms with E-state index in [2.05, 4.69) is 24.3 Å². The van der Waals surface area contributed by atoms with E-state index in [1.54, 1.807) is 0 Å². The molecule has 0 radical (unpaired) electrons. The molecule has 4 aromatic rings. The first kappa shape index (κ1) is 11.1. The molecule has 2 heteroatoms. The summed E-state index contributed by atoms with van der Waals surface area (Å²) in [4.78, 5) is 0. The van der Waals surface area contributed by atoms with Crippen molar-refractivity contribution in [2.24, 2.45) is 0 Å². The highest BCUT2D eigenvalue weighted by atomic mass is 16.3. The summed E-state index contributed by atoms with van der Waals surface area (Å²) in [5.74, 6) is -0.143. The van der Waals surface area contributed by atoms with Gasteiger partial charge in [0.25, 0.3) is 0 Å². The average Bonchev–Trinajstić information content (AvgIpc) is 2.47. The van der Waals surface area contributed by atoms with Crippen molar-refractivity contribution in [3.63, 3.8) is 0 Å². The minimum Gasteiger partial charge on any atom is -0.504 e. The molecule has 0 aliphatic carbocycles. The molecule has 2 nitrogen and oxygen atoms in total. The maximum atomic E-state index is 9.98. The van der Waals surface area contributed by atoms with Crippen LogP contribution < -0.4 is 0 Å². The highest BCUT2D eigenvalue weighted by Gasteiger charge is 2.07. The Labute approximate surface area is 115 Å². The molecule has 0 heterocycles. The molecule has 0 amide bonds. The van der Waals surface area contributed by atoms with Gasteiger partial charge in [0.2, 0.25) is 0 Å². The number of phenols is 2. The number of rotatable bonds is 0. The van der Waals surface area contributed by atoms with Gasteiger partial charge in [0.1, 0.15) is 0 Å². The molecule has 0 bridgehead atoms. The van der Waals surface area contributed by atoms with Gasteiger partial charge < -0.3 is 10.2 Å². The van der Waals surface area contributed by atoms with Gasteiger partial charge in [-0.15, -0.1) is 0 Å². The third-order valence-electron chi connectivity index (χ3n) is 3.79. The minimum absolute atomic E-state index is 0.0578. The van der Waals surface area contributed by atoms with Crippen LogP contribution >= 0.6 is 0 Å². The molecule has 0 aliphatic heterocycles. The van der Waals surface area contributed by atoms with E-state index in [0.717, 1.165) is 16.2 Å². The highest BCUT2D eigenvalue weighted by Crippen LogP contribution is 2.36. The molecule has 0 spiro atoms. The molecule has 0 fully saturated rings. The zero-order chi connectivity index (χ0) is 13.7. The maximum Gasteiger partial charge on any atom is 0.165 e. The predicted molar refractivity (Wildman–Crippen MR) is 82.3 cm³/mol. The van der Waals surface area contributed by atoms with E-state index in [4.69, 9.17) is 0 Å². The zero-order valence-electron chi connectivity index (χ0n) is 10.7. The number of fused-ring (bicyclic) bond motifs is 3. The summed E-state index contributed by atoms with van der Waals surface area (Å²) in [7, 11) is 0. The zero-order valence-corrected chi connectivity index (χ0v) is 10.7. The van der Waals surface area contributed by atoms with Gasteiger partial charge in [-0.1, -0.05) is 30.3 Å². The Kier molecular flexibility index (Phi) is 2.15. The van der Waals surface area contributed by atoms with Gasteiger partial charge in [-0.2, -0.15) is 0 Å². The molecule has 2 N–H and O–H groups in total. The van der Waals surface area contributed by atoms with Crippen LogP contribution in [0.15, 0.2) is 60.7 Å². The van der Waals surface area contributed by atoms with Crippen molar-refractivity contribution in [2.75, 3.05) is 0 Å². The van der Waals surface area contributed by atoms with Crippen LogP contribution in [-0.4, -0.2) is 10.2 Å². The lowest BCUT2D eigenvalue weighted by molar-refractivity contribution is 0.408. The molecule has 4 rings (SSSR count). The Morgan fingerprint density at radius 3 is 1.85 bits per heavy atom. The van der Waals surface area contributed by atoms with Crippen LogP contribution in [0.3, 0.4) is 0 Å². The Balaban J connectivity index is 2.18. The molecule has 0 saturated heterocycles. The number of benzene rings is 4. The van der Waals surface area contributed by atoms with Crippen LogP contribution in [0.2, 0.25) is 0 Å². The summed E-state index contributed by atoms with van der Waals surface area (Å²) in [5, 5.41) is 25.7. The number of phenolic OH excluding ortho intramolecular Hbond substituents is 2. The molecule has 4 aromatic carbocycles. The first-order valence-electron chi connectivity index (χ1n) is 6.49. The van der Waals surface area contributed by atoms with Gasteiger partial charge in [0.15, 0.2) is 11.5 Å². The Hall–Kier alpha value is -2.74. The number of hydrogen-bond donors (Lipinski definition) is 2. The van der Waals surface area contributed by atoms with Crippen molar-refractivity contribution >= 4 is 32.3 Å². The topological polar surface area (TPSA) is 40.5 Å². The number of hydrogen-bond acceptors (Lipinski definition) is 2. The monoisotopic (exact) mass is 260 g/mol. The van der Waals surface area contributed by atoms with Gasteiger partial charge in [0.05, 0.1) is 0 Å². The fourth-order valence-electron chi connectivity index (χ4n) is 2.74. The Morgan fingerprint density at radius 2 is 1.15 bits per heavy atom. The molecule has 0 saturated carbocycles. The van der Waals surface area contributed by atoms with Gasteiger partial charge in [-0.3, -0.25) is 0 Å². The van der Waals surface area contributed by atoms with Crippen LogP contribution in [0.4, 0.5) is 0 Å². The van der Waals surface area contributed by atoms with Crippen LogP contribution in [-0.2, 0) is 0 Å². The van der Waals surface area contributed by atoms with E-state index in [9.17, 15) is 10.2 Å². The van der Waals surface area contributed by atoms with Crippen LogP contribution in [0.5, 0.6) is 11.5 Å². The third kappa shape index (κ3) is 1.51. The normalized spacial score (nSPS) is 11.4. The molecular weight excluding hydrogens is 248 g/mol. The summed E-state index contributed by atoms with van der Waals surface area (Å²) in [6.07, 6.45) is 0. The SMILES string of the molecule is Oc1ccc2cc3cc4ccccc4cc3cc2c1O. The lowest BCUT2D eigenvalue weighted by atomic mass is 9.99. The second kappa shape index (κ2) is 3.87. The second-order valence-electron chi connectivity index (χ2n) is 5.05. The van der Waals surface area contributed by atoms with Crippen molar-refractivity contribution in [1.29, 1.82) is 0 Å². The van der Waals surface area contributed by atoms with Gasteiger partial charge in [-0.05, 0) is 57.3 Å². The van der Waals surface area contributed by atoms with Crippen LogP contribution in [0, 0.1) is 0 Å². The van der Waals surface area contributed by atoms with E-state index >= 15 is 0 Å². The van der Waals surface area contributed by atoms with E-state index in [1.165, 1.54) is 16.8 Å². The Morgan fingerprint density at radius 1 is 0.550 bits per heavy atom. The van der Waals surface area contributed by atoms with E-state index < -0.39 is 0 Å². The number of aromatic hydroxyl groups is 2. The van der Waals surface area contributed by atoms with Crippen LogP contribution in [0.25, 0.3) is 32.3 Å². The summed E-state index contributed by atoms with van der Waals surface area (Å²) in [5.41, 5.74) is 0. The fourth-order valence-corrected chi connectivity index (χ4v) is 2.74. The standard InChI is InChI=1S/C18H12O2/c19-17-6-5-13-9-14-7-11-3-1-2-4-12(11)8-15(14)10-16(13)18(17)20/h1-10,19-20H. The van der Waals surface area contributed by atoms with Crippen molar-refractivity contribution in [3.8, 4) is 11.5 Å². The minimum atomic E-state index is -0.0855. The van der Waals surface area contributed by atoms with E-state index in [1.807, 2.05) is 30.3 Å². The van der Waals surface area contributed by atoms with Gasteiger partial charge in [-0.25, -0.2) is 0 Å². The summed E-state index contributed by atoms with van der Waals surface area (Å²) >= 11 is 0. The maximum absolute atomic E-state index is 9.98. The molecule has 0 aromatic heterocycles. The van der Waals surface area contributed by atoms with Crippen LogP contribution in [0.1, 0.15) is 0 Å².